The summed E-state index contributed by atoms with van der Waals surface area (Å²) in [6.07, 6.45) is 8.53. The highest BCUT2D eigenvalue weighted by Gasteiger charge is 2.22. The van der Waals surface area contributed by atoms with Gasteiger partial charge >= 0.3 is 0 Å². The molecule has 0 saturated carbocycles. The Kier molecular flexibility index (Phi) is 5.60. The van der Waals surface area contributed by atoms with Crippen LogP contribution < -0.4 is 0 Å². The summed E-state index contributed by atoms with van der Waals surface area (Å²) in [5, 5.41) is 4.92. The predicted molar refractivity (Wildman–Crippen MR) is 182 cm³/mol. The molecule has 3 heterocycles. The number of nitrogens with zero attached hydrogens (tertiary/aromatic N) is 4. The van der Waals surface area contributed by atoms with Gasteiger partial charge in [0.25, 0.3) is 0 Å². The van der Waals surface area contributed by atoms with Crippen LogP contribution >= 0.6 is 0 Å². The largest absolute Gasteiger partial charge is 0.309 e. The zero-order valence-electron chi connectivity index (χ0n) is 24.1. The van der Waals surface area contributed by atoms with Crippen LogP contribution in [0.25, 0.3) is 72.1 Å². The summed E-state index contributed by atoms with van der Waals surface area (Å²) in [5.41, 5.74) is 9.03. The third kappa shape index (κ3) is 3.78. The van der Waals surface area contributed by atoms with E-state index in [0.29, 0.717) is 0 Å². The topological polar surface area (TPSA) is 35.6 Å². The van der Waals surface area contributed by atoms with E-state index in [-0.39, 0.29) is 0 Å². The number of allylic oxidation sites excluding steroid dienone is 4. The lowest BCUT2D eigenvalue weighted by atomic mass is 10.0. The molecule has 8 aromatic rings. The third-order valence-corrected chi connectivity index (χ3v) is 8.80. The van der Waals surface area contributed by atoms with E-state index in [2.05, 4.69) is 137 Å². The fraction of sp³-hybridized carbons (Fsp3) is 0.0500. The monoisotopic (exact) mass is 564 g/mol. The molecule has 0 radical (unpaired) electrons. The van der Waals surface area contributed by atoms with Gasteiger partial charge in [0.05, 0.1) is 27.8 Å². The van der Waals surface area contributed by atoms with E-state index >= 15 is 0 Å². The summed E-state index contributed by atoms with van der Waals surface area (Å²) in [6.45, 7) is 0. The van der Waals surface area contributed by atoms with Gasteiger partial charge in [0.15, 0.2) is 5.82 Å². The smallest absolute Gasteiger partial charge is 0.162 e. The highest BCUT2D eigenvalue weighted by atomic mass is 15.1. The molecule has 0 spiro atoms. The highest BCUT2D eigenvalue weighted by molar-refractivity contribution is 6.26. The molecular weight excluding hydrogens is 536 g/mol. The van der Waals surface area contributed by atoms with Gasteiger partial charge in [-0.05, 0) is 48.7 Å². The maximum absolute atomic E-state index is 5.24. The van der Waals surface area contributed by atoms with Gasteiger partial charge in [-0.1, -0.05) is 109 Å². The van der Waals surface area contributed by atoms with Crippen molar-refractivity contribution in [3.05, 3.63) is 151 Å². The third-order valence-electron chi connectivity index (χ3n) is 8.80. The van der Waals surface area contributed by atoms with Gasteiger partial charge in [-0.2, -0.15) is 0 Å². The van der Waals surface area contributed by atoms with Crippen molar-refractivity contribution in [1.29, 1.82) is 0 Å². The minimum atomic E-state index is 0.735. The Bertz CT molecular complexity index is 2430. The van der Waals surface area contributed by atoms with Crippen LogP contribution in [-0.2, 0) is 0 Å². The number of hydrogen-bond acceptors (Lipinski definition) is 2. The second kappa shape index (κ2) is 9.92. The van der Waals surface area contributed by atoms with Crippen LogP contribution in [0.4, 0.5) is 0 Å². The van der Waals surface area contributed by atoms with Crippen molar-refractivity contribution in [3.63, 3.8) is 0 Å². The van der Waals surface area contributed by atoms with Crippen molar-refractivity contribution in [2.45, 2.75) is 12.8 Å². The first-order valence-corrected chi connectivity index (χ1v) is 15.2. The van der Waals surface area contributed by atoms with Crippen molar-refractivity contribution in [3.8, 4) is 22.9 Å². The molecular formula is C40H28N4. The van der Waals surface area contributed by atoms with Crippen molar-refractivity contribution >= 4 is 49.2 Å². The predicted octanol–water partition coefficient (Wildman–Crippen LogP) is 10.1. The van der Waals surface area contributed by atoms with E-state index in [1.165, 1.54) is 38.2 Å². The molecule has 9 rings (SSSR count). The first kappa shape index (κ1) is 24.8. The van der Waals surface area contributed by atoms with E-state index < -0.39 is 0 Å². The molecule has 0 atom stereocenters. The Hall–Kier alpha value is -5.74. The van der Waals surface area contributed by atoms with Crippen molar-refractivity contribution in [2.24, 2.45) is 0 Å². The Balaban J connectivity index is 1.42. The first-order chi connectivity index (χ1) is 21.8. The molecule has 4 nitrogen and oxygen atoms in total. The first-order valence-electron chi connectivity index (χ1n) is 15.2. The number of para-hydroxylation sites is 3. The molecule has 0 bridgehead atoms. The van der Waals surface area contributed by atoms with Gasteiger partial charge in [0.2, 0.25) is 0 Å². The molecule has 0 fully saturated rings. The Morgan fingerprint density at radius 3 is 2.05 bits per heavy atom. The van der Waals surface area contributed by atoms with Crippen LogP contribution in [0.2, 0.25) is 0 Å². The Morgan fingerprint density at radius 1 is 0.568 bits per heavy atom. The summed E-state index contributed by atoms with van der Waals surface area (Å²) in [7, 11) is 0. The van der Waals surface area contributed by atoms with Crippen LogP contribution in [0.5, 0.6) is 0 Å². The molecule has 0 saturated heterocycles. The summed E-state index contributed by atoms with van der Waals surface area (Å²) in [5.74, 6) is 1.61. The number of fused-ring (bicyclic) bond motifs is 7. The fourth-order valence-electron chi connectivity index (χ4n) is 6.85. The number of hydrogen-bond donors (Lipinski definition) is 0. The molecule has 1 aliphatic rings. The highest BCUT2D eigenvalue weighted by Crippen LogP contribution is 2.42. The zero-order chi connectivity index (χ0) is 29.0. The maximum Gasteiger partial charge on any atom is 0.162 e. The molecule has 5 aromatic carbocycles. The Morgan fingerprint density at radius 2 is 1.27 bits per heavy atom. The molecule has 0 unspecified atom stereocenters. The molecule has 208 valence electrons. The maximum atomic E-state index is 5.24. The minimum absolute atomic E-state index is 0.735. The second-order valence-electron chi connectivity index (χ2n) is 11.4. The van der Waals surface area contributed by atoms with E-state index in [1.54, 1.807) is 0 Å². The average molecular weight is 565 g/mol. The zero-order valence-corrected chi connectivity index (χ0v) is 24.1. The van der Waals surface area contributed by atoms with E-state index in [4.69, 9.17) is 9.97 Å². The van der Waals surface area contributed by atoms with E-state index in [9.17, 15) is 0 Å². The lowest BCUT2D eigenvalue weighted by Crippen LogP contribution is -2.04. The summed E-state index contributed by atoms with van der Waals surface area (Å²) in [4.78, 5) is 10.3. The molecule has 44 heavy (non-hydrogen) atoms. The lowest BCUT2D eigenvalue weighted by molar-refractivity contribution is 1.00. The Labute approximate surface area is 254 Å². The van der Waals surface area contributed by atoms with Gasteiger partial charge in [0, 0.05) is 38.9 Å². The lowest BCUT2D eigenvalue weighted by Gasteiger charge is -2.14. The normalized spacial score (nSPS) is 13.3. The van der Waals surface area contributed by atoms with E-state index in [1.807, 2.05) is 18.2 Å². The fourth-order valence-corrected chi connectivity index (χ4v) is 6.85. The summed E-state index contributed by atoms with van der Waals surface area (Å²) < 4.78 is 4.75. The van der Waals surface area contributed by atoms with Crippen LogP contribution in [0.1, 0.15) is 18.5 Å². The number of rotatable bonds is 4. The van der Waals surface area contributed by atoms with Gasteiger partial charge in [-0.25, -0.2) is 9.97 Å². The average Bonchev–Trinajstić information content (AvgIpc) is 3.62. The quantitative estimate of drug-likeness (QED) is 0.213. The van der Waals surface area contributed by atoms with Crippen LogP contribution in [0.3, 0.4) is 0 Å². The molecule has 0 aliphatic heterocycles. The van der Waals surface area contributed by atoms with Crippen LogP contribution in [0.15, 0.2) is 146 Å². The van der Waals surface area contributed by atoms with Crippen LogP contribution in [0, 0.1) is 0 Å². The van der Waals surface area contributed by atoms with Gasteiger partial charge in [0.1, 0.15) is 5.82 Å². The summed E-state index contributed by atoms with van der Waals surface area (Å²) >= 11 is 0. The van der Waals surface area contributed by atoms with Gasteiger partial charge < -0.3 is 4.57 Å². The SMILES string of the molecule is C1=CCCC(c2cc(-n3c4ccccc4c4c3ccc3c5ccccc5n(-c5ccccc5)c34)nc(-c3ccccc3)n2)=C1. The molecule has 0 N–H and O–H groups in total. The molecule has 4 heteroatoms. The second-order valence-corrected chi connectivity index (χ2v) is 11.4. The molecule has 0 amide bonds. The van der Waals surface area contributed by atoms with Crippen molar-refractivity contribution in [2.75, 3.05) is 0 Å². The van der Waals surface area contributed by atoms with Gasteiger partial charge in [-0.3, -0.25) is 4.57 Å². The number of benzene rings is 5. The van der Waals surface area contributed by atoms with Crippen molar-refractivity contribution < 1.29 is 0 Å². The minimum Gasteiger partial charge on any atom is -0.309 e. The van der Waals surface area contributed by atoms with Gasteiger partial charge in [-0.15, -0.1) is 0 Å². The summed E-state index contributed by atoms with van der Waals surface area (Å²) in [6, 6.07) is 45.2. The van der Waals surface area contributed by atoms with E-state index in [0.717, 1.165) is 52.5 Å². The molecule has 3 aromatic heterocycles. The number of aromatic nitrogens is 4. The van der Waals surface area contributed by atoms with Crippen molar-refractivity contribution in [1.82, 2.24) is 19.1 Å². The molecule has 1 aliphatic carbocycles. The van der Waals surface area contributed by atoms with Crippen LogP contribution in [-0.4, -0.2) is 19.1 Å². The standard InChI is InChI=1S/C40H28N4/c1-4-14-27(15-5-1)33-26-37(42-40(41-33)28-16-6-2-7-17-28)44-35-23-13-11-21-32(35)38-36(44)25-24-31-30-20-10-12-22-34(30)43(39(31)38)29-18-8-3-9-19-29/h1-4,6-14,16-26H,5,15H2.